The molecule has 1 atom stereocenters. The highest BCUT2D eigenvalue weighted by atomic mass is 35.5. The number of benzene rings is 1. The van der Waals surface area contributed by atoms with Crippen LogP contribution in [0.1, 0.15) is 42.5 Å². The van der Waals surface area contributed by atoms with Gasteiger partial charge < -0.3 is 15.0 Å². The molecule has 2 aliphatic heterocycles. The van der Waals surface area contributed by atoms with Gasteiger partial charge in [0.2, 0.25) is 5.91 Å². The molecule has 136 valence electrons. The van der Waals surface area contributed by atoms with Crippen molar-refractivity contribution in [2.45, 2.75) is 38.2 Å². The molecular weight excluding hydrogens is 340 g/mol. The zero-order valence-electron chi connectivity index (χ0n) is 14.4. The van der Waals surface area contributed by atoms with Gasteiger partial charge in [-0.25, -0.2) is 0 Å². The molecule has 2 saturated heterocycles. The Morgan fingerprint density at radius 2 is 1.92 bits per heavy atom. The van der Waals surface area contributed by atoms with Crippen LogP contribution in [0.3, 0.4) is 0 Å². The molecule has 0 aliphatic carbocycles. The summed E-state index contributed by atoms with van der Waals surface area (Å²) in [5.41, 5.74) is 0.529. The molecule has 25 heavy (non-hydrogen) atoms. The van der Waals surface area contributed by atoms with Crippen LogP contribution in [-0.2, 0) is 9.53 Å². The Balaban J connectivity index is 1.45. The second kappa shape index (κ2) is 8.68. The van der Waals surface area contributed by atoms with E-state index in [1.807, 2.05) is 12.1 Å². The Morgan fingerprint density at radius 3 is 2.60 bits per heavy atom. The second-order valence-electron chi connectivity index (χ2n) is 6.78. The number of halogens is 1. The van der Waals surface area contributed by atoms with E-state index in [4.69, 9.17) is 16.3 Å². The fraction of sp³-hybridized carbons (Fsp3) is 0.579. The largest absolute Gasteiger partial charge is 0.376 e. The molecular formula is C19H25ClN2O3. The highest BCUT2D eigenvalue weighted by Gasteiger charge is 2.28. The number of likely N-dealkylation sites (tertiary alicyclic amines) is 1. The van der Waals surface area contributed by atoms with Gasteiger partial charge in [0.05, 0.1) is 16.7 Å². The minimum absolute atomic E-state index is 0.0288. The van der Waals surface area contributed by atoms with Gasteiger partial charge in [-0.15, -0.1) is 0 Å². The van der Waals surface area contributed by atoms with Gasteiger partial charge in [0, 0.05) is 32.2 Å². The van der Waals surface area contributed by atoms with Gasteiger partial charge >= 0.3 is 0 Å². The average molecular weight is 365 g/mol. The molecule has 0 aromatic heterocycles. The molecule has 0 radical (unpaired) electrons. The van der Waals surface area contributed by atoms with Gasteiger partial charge in [-0.2, -0.15) is 0 Å². The SMILES string of the molecule is O=C(NC[C@H]1CCCCO1)C1CCN(C(=O)c2ccccc2Cl)CC1. The average Bonchev–Trinajstić information content (AvgIpc) is 2.67. The van der Waals surface area contributed by atoms with Crippen LogP contribution >= 0.6 is 11.6 Å². The van der Waals surface area contributed by atoms with Crippen molar-refractivity contribution in [3.05, 3.63) is 34.9 Å². The second-order valence-corrected chi connectivity index (χ2v) is 7.19. The smallest absolute Gasteiger partial charge is 0.255 e. The van der Waals surface area contributed by atoms with Crippen LogP contribution < -0.4 is 5.32 Å². The molecule has 6 heteroatoms. The molecule has 0 saturated carbocycles. The van der Waals surface area contributed by atoms with Crippen molar-refractivity contribution < 1.29 is 14.3 Å². The summed E-state index contributed by atoms with van der Waals surface area (Å²) in [6.45, 7) is 2.56. The van der Waals surface area contributed by atoms with Crippen molar-refractivity contribution >= 4 is 23.4 Å². The van der Waals surface area contributed by atoms with E-state index >= 15 is 0 Å². The highest BCUT2D eigenvalue weighted by Crippen LogP contribution is 2.22. The molecule has 1 N–H and O–H groups in total. The highest BCUT2D eigenvalue weighted by molar-refractivity contribution is 6.33. The zero-order valence-corrected chi connectivity index (χ0v) is 15.1. The lowest BCUT2D eigenvalue weighted by atomic mass is 9.95. The van der Waals surface area contributed by atoms with Gasteiger partial charge in [0.25, 0.3) is 5.91 Å². The van der Waals surface area contributed by atoms with Gasteiger partial charge in [-0.1, -0.05) is 23.7 Å². The number of carbonyl (C=O) groups excluding carboxylic acids is 2. The fourth-order valence-electron chi connectivity index (χ4n) is 3.48. The predicted octanol–water partition coefficient (Wildman–Crippen LogP) is 2.88. The first-order chi connectivity index (χ1) is 12.1. The Bertz CT molecular complexity index is 608. The summed E-state index contributed by atoms with van der Waals surface area (Å²) >= 11 is 6.11. The van der Waals surface area contributed by atoms with E-state index in [9.17, 15) is 9.59 Å². The van der Waals surface area contributed by atoms with Crippen LogP contribution in [0.5, 0.6) is 0 Å². The number of carbonyl (C=O) groups is 2. The maximum Gasteiger partial charge on any atom is 0.255 e. The third-order valence-electron chi connectivity index (χ3n) is 5.04. The Labute approximate surface area is 153 Å². The van der Waals surface area contributed by atoms with Crippen molar-refractivity contribution in [1.82, 2.24) is 10.2 Å². The Hall–Kier alpha value is -1.59. The number of hydrogen-bond donors (Lipinski definition) is 1. The van der Waals surface area contributed by atoms with E-state index in [0.717, 1.165) is 19.4 Å². The van der Waals surface area contributed by atoms with Crippen LogP contribution in [0, 0.1) is 5.92 Å². The van der Waals surface area contributed by atoms with Crippen molar-refractivity contribution in [1.29, 1.82) is 0 Å². The minimum atomic E-state index is -0.0555. The lowest BCUT2D eigenvalue weighted by Gasteiger charge is -2.32. The van der Waals surface area contributed by atoms with E-state index in [2.05, 4.69) is 5.32 Å². The first-order valence-corrected chi connectivity index (χ1v) is 9.46. The summed E-state index contributed by atoms with van der Waals surface area (Å²) in [4.78, 5) is 26.7. The first kappa shape index (κ1) is 18.2. The summed E-state index contributed by atoms with van der Waals surface area (Å²) in [7, 11) is 0. The first-order valence-electron chi connectivity index (χ1n) is 9.08. The van der Waals surface area contributed by atoms with E-state index in [0.29, 0.717) is 43.1 Å². The van der Waals surface area contributed by atoms with Crippen molar-refractivity contribution in [2.75, 3.05) is 26.2 Å². The van der Waals surface area contributed by atoms with Crippen LogP contribution in [0.2, 0.25) is 5.02 Å². The summed E-state index contributed by atoms with van der Waals surface area (Å²) in [5, 5.41) is 3.49. The lowest BCUT2D eigenvalue weighted by Crippen LogP contribution is -2.44. The number of amides is 2. The molecule has 2 aliphatic rings. The number of piperidine rings is 1. The Morgan fingerprint density at radius 1 is 1.16 bits per heavy atom. The van der Waals surface area contributed by atoms with Crippen LogP contribution in [0.25, 0.3) is 0 Å². The number of ether oxygens (including phenoxy) is 1. The molecule has 0 bridgehead atoms. The lowest BCUT2D eigenvalue weighted by molar-refractivity contribution is -0.127. The van der Waals surface area contributed by atoms with Crippen LogP contribution in [0.4, 0.5) is 0 Å². The zero-order chi connectivity index (χ0) is 17.6. The van der Waals surface area contributed by atoms with Crippen LogP contribution in [0.15, 0.2) is 24.3 Å². The minimum Gasteiger partial charge on any atom is -0.376 e. The van der Waals surface area contributed by atoms with E-state index in [-0.39, 0.29) is 23.8 Å². The van der Waals surface area contributed by atoms with E-state index in [1.54, 1.807) is 17.0 Å². The number of hydrogen-bond acceptors (Lipinski definition) is 3. The molecule has 2 amide bonds. The van der Waals surface area contributed by atoms with Crippen LogP contribution in [-0.4, -0.2) is 49.1 Å². The summed E-state index contributed by atoms with van der Waals surface area (Å²) in [6.07, 6.45) is 4.83. The Kier molecular flexibility index (Phi) is 6.32. The summed E-state index contributed by atoms with van der Waals surface area (Å²) < 4.78 is 5.64. The standard InChI is InChI=1S/C19H25ClN2O3/c20-17-7-2-1-6-16(17)19(24)22-10-8-14(9-11-22)18(23)21-13-15-5-3-4-12-25-15/h1-2,6-7,14-15H,3-5,8-13H2,(H,21,23)/t15-/m1/s1. The van der Waals surface area contributed by atoms with Crippen molar-refractivity contribution in [2.24, 2.45) is 5.92 Å². The van der Waals surface area contributed by atoms with Crippen molar-refractivity contribution in [3.8, 4) is 0 Å². The van der Waals surface area contributed by atoms with Gasteiger partial charge in [-0.3, -0.25) is 9.59 Å². The molecule has 1 aromatic carbocycles. The van der Waals surface area contributed by atoms with Gasteiger partial charge in [0.1, 0.15) is 0 Å². The molecule has 1 aromatic rings. The molecule has 0 spiro atoms. The topological polar surface area (TPSA) is 58.6 Å². The number of nitrogens with one attached hydrogen (secondary N) is 1. The third kappa shape index (κ3) is 4.73. The monoisotopic (exact) mass is 364 g/mol. The molecule has 2 heterocycles. The predicted molar refractivity (Wildman–Crippen MR) is 96.7 cm³/mol. The summed E-state index contributed by atoms with van der Waals surface area (Å²) in [6, 6.07) is 7.09. The summed E-state index contributed by atoms with van der Waals surface area (Å²) in [5.74, 6) is -0.00188. The number of nitrogens with zero attached hydrogens (tertiary/aromatic N) is 1. The molecule has 3 rings (SSSR count). The molecule has 0 unspecified atom stereocenters. The quantitative estimate of drug-likeness (QED) is 0.893. The van der Waals surface area contributed by atoms with Gasteiger partial charge in [-0.05, 0) is 44.2 Å². The maximum atomic E-state index is 12.6. The van der Waals surface area contributed by atoms with E-state index in [1.165, 1.54) is 6.42 Å². The van der Waals surface area contributed by atoms with E-state index < -0.39 is 0 Å². The van der Waals surface area contributed by atoms with Gasteiger partial charge in [0.15, 0.2) is 0 Å². The fourth-order valence-corrected chi connectivity index (χ4v) is 3.69. The third-order valence-corrected chi connectivity index (χ3v) is 5.36. The normalized spacial score (nSPS) is 21.8. The number of rotatable bonds is 4. The molecule has 2 fully saturated rings. The maximum absolute atomic E-state index is 12.6. The molecule has 5 nitrogen and oxygen atoms in total. The van der Waals surface area contributed by atoms with Crippen molar-refractivity contribution in [3.63, 3.8) is 0 Å².